The molecular weight excluding hydrogens is 633 g/mol. The minimum absolute atomic E-state index is 0.0523. The Bertz CT molecular complexity index is 1790. The molecule has 0 aliphatic carbocycles. The minimum atomic E-state index is -5.14. The van der Waals surface area contributed by atoms with E-state index in [9.17, 15) is 45.1 Å². The normalized spacial score (nSPS) is 17.4. The molecule has 2 unspecified atom stereocenters. The maximum absolute atomic E-state index is 13.7. The first-order valence-electron chi connectivity index (χ1n) is 13.5. The quantitative estimate of drug-likeness (QED) is 0.230. The standard InChI is InChI=1S/C31H22ClF7N2O4/c32-20-3-1-16(2-4-20)9-23-14-22(40-28(43)27-15-25(42)24-6-5-21(33)13-26(24)45-27)7-8-41(23)29(44)17-10-18(30(34,35)36)12-19(11-17)31(37,38)39/h1-6,10-13,15,22-23H,7-9,14H2,(H,40,43). The summed E-state index contributed by atoms with van der Waals surface area (Å²) in [5.41, 5.74) is -4.08. The first-order valence-corrected chi connectivity index (χ1v) is 13.9. The second kappa shape index (κ2) is 12.2. The SMILES string of the molecule is O=C(NC1CCN(C(=O)c2cc(C(F)(F)F)cc(C(F)(F)F)c2)C(Cc2ccc(Cl)cc2)C1)c1cc(=O)c2ccc(F)cc2o1. The number of hydrogen-bond donors (Lipinski definition) is 1. The summed E-state index contributed by atoms with van der Waals surface area (Å²) >= 11 is 5.96. The highest BCUT2D eigenvalue weighted by atomic mass is 35.5. The van der Waals surface area contributed by atoms with Gasteiger partial charge in [-0.05, 0) is 67.3 Å². The number of fused-ring (bicyclic) bond motifs is 1. The molecule has 3 aromatic carbocycles. The molecule has 1 aromatic heterocycles. The van der Waals surface area contributed by atoms with Gasteiger partial charge in [0.25, 0.3) is 11.8 Å². The smallest absolute Gasteiger partial charge is 0.416 e. The van der Waals surface area contributed by atoms with Crippen LogP contribution in [0.1, 0.15) is 50.4 Å². The fraction of sp³-hybridized carbons (Fsp3) is 0.258. The van der Waals surface area contributed by atoms with Crippen LogP contribution in [0, 0.1) is 5.82 Å². The Balaban J connectivity index is 1.43. The topological polar surface area (TPSA) is 79.6 Å². The van der Waals surface area contributed by atoms with E-state index in [4.69, 9.17) is 16.0 Å². The van der Waals surface area contributed by atoms with E-state index in [0.29, 0.717) is 22.7 Å². The molecule has 14 heteroatoms. The summed E-state index contributed by atoms with van der Waals surface area (Å²) in [5.74, 6) is -2.93. The van der Waals surface area contributed by atoms with E-state index in [1.54, 1.807) is 24.3 Å². The monoisotopic (exact) mass is 654 g/mol. The van der Waals surface area contributed by atoms with E-state index in [1.807, 2.05) is 0 Å². The molecule has 5 rings (SSSR count). The van der Waals surface area contributed by atoms with Crippen molar-refractivity contribution in [3.8, 4) is 0 Å². The maximum Gasteiger partial charge on any atom is 0.416 e. The van der Waals surface area contributed by atoms with Crippen LogP contribution in [-0.2, 0) is 18.8 Å². The average Bonchev–Trinajstić information content (AvgIpc) is 2.96. The predicted octanol–water partition coefficient (Wildman–Crippen LogP) is 7.27. The summed E-state index contributed by atoms with van der Waals surface area (Å²) < 4.78 is 100. The molecule has 1 aliphatic heterocycles. The van der Waals surface area contributed by atoms with Crippen LogP contribution in [0.2, 0.25) is 5.02 Å². The lowest BCUT2D eigenvalue weighted by Gasteiger charge is -2.40. The van der Waals surface area contributed by atoms with Crippen LogP contribution < -0.4 is 10.7 Å². The van der Waals surface area contributed by atoms with Crippen molar-refractivity contribution in [1.82, 2.24) is 10.2 Å². The Morgan fingerprint density at radius 3 is 2.18 bits per heavy atom. The summed E-state index contributed by atoms with van der Waals surface area (Å²) in [6.45, 7) is -0.132. The second-order valence-corrected chi connectivity index (χ2v) is 11.0. The average molecular weight is 655 g/mol. The van der Waals surface area contributed by atoms with Gasteiger partial charge in [0, 0.05) is 41.3 Å². The van der Waals surface area contributed by atoms with E-state index in [1.165, 1.54) is 11.0 Å². The van der Waals surface area contributed by atoms with Crippen molar-refractivity contribution in [3.05, 3.63) is 116 Å². The van der Waals surface area contributed by atoms with Gasteiger partial charge in [-0.1, -0.05) is 23.7 Å². The highest BCUT2D eigenvalue weighted by Gasteiger charge is 2.39. The first kappa shape index (κ1) is 32.0. The third-order valence-electron chi connectivity index (χ3n) is 7.45. The van der Waals surface area contributed by atoms with Gasteiger partial charge in [-0.15, -0.1) is 0 Å². The highest BCUT2D eigenvalue weighted by molar-refractivity contribution is 6.30. The van der Waals surface area contributed by atoms with Crippen LogP contribution in [0.15, 0.2) is 75.9 Å². The van der Waals surface area contributed by atoms with E-state index in [2.05, 4.69) is 5.32 Å². The molecule has 2 amide bonds. The van der Waals surface area contributed by atoms with Crippen LogP contribution in [0.3, 0.4) is 0 Å². The molecule has 0 bridgehead atoms. The number of hydrogen-bond acceptors (Lipinski definition) is 4. The summed E-state index contributed by atoms with van der Waals surface area (Å²) in [6.07, 6.45) is -10.0. The lowest BCUT2D eigenvalue weighted by atomic mass is 9.91. The minimum Gasteiger partial charge on any atom is -0.451 e. The van der Waals surface area contributed by atoms with Crippen molar-refractivity contribution in [2.45, 2.75) is 43.7 Å². The van der Waals surface area contributed by atoms with Crippen molar-refractivity contribution in [2.75, 3.05) is 6.54 Å². The summed E-state index contributed by atoms with van der Waals surface area (Å²) in [4.78, 5) is 40.2. The number of likely N-dealkylation sites (tertiary alicyclic amines) is 1. The van der Waals surface area contributed by atoms with Gasteiger partial charge in [-0.2, -0.15) is 26.3 Å². The lowest BCUT2D eigenvalue weighted by molar-refractivity contribution is -0.143. The molecule has 0 spiro atoms. The zero-order valence-corrected chi connectivity index (χ0v) is 23.7. The van der Waals surface area contributed by atoms with Crippen LogP contribution in [0.4, 0.5) is 30.7 Å². The third kappa shape index (κ3) is 7.30. The largest absolute Gasteiger partial charge is 0.451 e. The van der Waals surface area contributed by atoms with Gasteiger partial charge in [0.15, 0.2) is 11.2 Å². The van der Waals surface area contributed by atoms with Crippen molar-refractivity contribution in [1.29, 1.82) is 0 Å². The number of nitrogens with one attached hydrogen (secondary N) is 1. The number of piperidine rings is 1. The Morgan fingerprint density at radius 2 is 1.56 bits per heavy atom. The van der Waals surface area contributed by atoms with E-state index in [-0.39, 0.29) is 42.8 Å². The Kier molecular flexibility index (Phi) is 8.67. The fourth-order valence-electron chi connectivity index (χ4n) is 5.28. The van der Waals surface area contributed by atoms with E-state index in [0.717, 1.165) is 18.2 Å². The van der Waals surface area contributed by atoms with Crippen LogP contribution in [0.5, 0.6) is 0 Å². The number of nitrogens with zero attached hydrogens (tertiary/aromatic N) is 1. The first-order chi connectivity index (χ1) is 21.1. The molecule has 0 saturated carbocycles. The maximum atomic E-state index is 13.7. The van der Waals surface area contributed by atoms with E-state index < -0.39 is 69.9 Å². The summed E-state index contributed by atoms with van der Waals surface area (Å²) in [5, 5.41) is 3.18. The Morgan fingerprint density at radius 1 is 0.911 bits per heavy atom. The van der Waals surface area contributed by atoms with Gasteiger partial charge >= 0.3 is 12.4 Å². The molecule has 1 aliphatic rings. The molecule has 4 aromatic rings. The van der Waals surface area contributed by atoms with Crippen LogP contribution in [0.25, 0.3) is 11.0 Å². The second-order valence-electron chi connectivity index (χ2n) is 10.6. The molecule has 6 nitrogen and oxygen atoms in total. The number of alkyl halides is 6. The molecule has 1 fully saturated rings. The summed E-state index contributed by atoms with van der Waals surface area (Å²) in [7, 11) is 0. The number of benzene rings is 3. The zero-order valence-electron chi connectivity index (χ0n) is 22.9. The molecular formula is C31H22ClF7N2O4. The summed E-state index contributed by atoms with van der Waals surface area (Å²) in [6, 6.07) is 9.96. The van der Waals surface area contributed by atoms with E-state index >= 15 is 0 Å². The predicted molar refractivity (Wildman–Crippen MR) is 149 cm³/mol. The molecule has 45 heavy (non-hydrogen) atoms. The Labute approximate surface area is 255 Å². The number of halogens is 8. The number of carbonyl (C=O) groups excluding carboxylic acids is 2. The van der Waals surface area contributed by atoms with Gasteiger partial charge in [-0.3, -0.25) is 14.4 Å². The molecule has 2 atom stereocenters. The fourth-order valence-corrected chi connectivity index (χ4v) is 5.40. The highest BCUT2D eigenvalue weighted by Crippen LogP contribution is 2.37. The van der Waals surface area contributed by atoms with Gasteiger partial charge in [-0.25, -0.2) is 4.39 Å². The molecule has 1 saturated heterocycles. The number of amides is 2. The van der Waals surface area contributed by atoms with Gasteiger partial charge in [0.1, 0.15) is 11.4 Å². The Hall–Kier alpha value is -4.39. The van der Waals surface area contributed by atoms with Crippen LogP contribution in [-0.4, -0.2) is 35.3 Å². The van der Waals surface area contributed by atoms with Gasteiger partial charge in [0.05, 0.1) is 16.5 Å². The van der Waals surface area contributed by atoms with Gasteiger partial charge < -0.3 is 14.6 Å². The lowest BCUT2D eigenvalue weighted by Crippen LogP contribution is -2.52. The van der Waals surface area contributed by atoms with Crippen LogP contribution >= 0.6 is 11.6 Å². The van der Waals surface area contributed by atoms with Crippen molar-refractivity contribution in [2.24, 2.45) is 0 Å². The molecule has 1 N–H and O–H groups in total. The third-order valence-corrected chi connectivity index (χ3v) is 7.70. The molecule has 2 heterocycles. The van der Waals surface area contributed by atoms with Crippen molar-refractivity contribution >= 4 is 34.4 Å². The molecule has 0 radical (unpaired) electrons. The van der Waals surface area contributed by atoms with Crippen molar-refractivity contribution in [3.63, 3.8) is 0 Å². The number of rotatable bonds is 5. The van der Waals surface area contributed by atoms with Crippen molar-refractivity contribution < 1.29 is 44.7 Å². The molecule has 236 valence electrons. The number of carbonyl (C=O) groups is 2. The zero-order chi connectivity index (χ0) is 32.7. The van der Waals surface area contributed by atoms with Gasteiger partial charge in [0.2, 0.25) is 0 Å².